The molecule has 1 aromatic heterocycles. The molecule has 1 aliphatic heterocycles. The van der Waals surface area contributed by atoms with E-state index >= 15 is 0 Å². The van der Waals surface area contributed by atoms with Crippen molar-refractivity contribution in [1.29, 1.82) is 0 Å². The molecule has 96 valence electrons. The molecule has 2 heterocycles. The number of nitrogens with zero attached hydrogens (tertiary/aromatic N) is 2. The molecule has 3 rings (SSSR count). The monoisotopic (exact) mass is 276 g/mol. The Morgan fingerprint density at radius 3 is 2.67 bits per heavy atom. The predicted octanol–water partition coefficient (Wildman–Crippen LogP) is 3.28. The average Bonchev–Trinajstić information content (AvgIpc) is 2.58. The Balaban J connectivity index is 1.89. The molecule has 0 amide bonds. The summed E-state index contributed by atoms with van der Waals surface area (Å²) in [6.07, 6.45) is -2.34. The second-order valence-corrected chi connectivity index (χ2v) is 5.24. The molecule has 0 aliphatic carbocycles. The van der Waals surface area contributed by atoms with Gasteiger partial charge in [-0.15, -0.1) is 0 Å². The fourth-order valence-electron chi connectivity index (χ4n) is 1.91. The zero-order valence-electron chi connectivity index (χ0n) is 9.04. The summed E-state index contributed by atoms with van der Waals surface area (Å²) >= 11 is 1.11. The van der Waals surface area contributed by atoms with Gasteiger partial charge in [0.15, 0.2) is 10.9 Å². The first-order valence-electron chi connectivity index (χ1n) is 5.33. The number of fused-ring (bicyclic) bond motifs is 1. The number of anilines is 1. The van der Waals surface area contributed by atoms with E-state index in [4.69, 9.17) is 0 Å². The molecule has 2 aromatic rings. The number of hydrogen-bond donors (Lipinski definition) is 0. The van der Waals surface area contributed by atoms with Crippen molar-refractivity contribution in [2.45, 2.75) is 6.43 Å². The minimum Gasteiger partial charge on any atom is -0.347 e. The summed E-state index contributed by atoms with van der Waals surface area (Å²) in [6.45, 7) is 0.420. The first kappa shape index (κ1) is 11.7. The second kappa shape index (κ2) is 4.08. The van der Waals surface area contributed by atoms with Gasteiger partial charge in [0.05, 0.1) is 10.6 Å². The summed E-state index contributed by atoms with van der Waals surface area (Å²) in [5, 5.41) is 0.464. The van der Waals surface area contributed by atoms with Crippen LogP contribution in [-0.2, 0) is 0 Å². The number of rotatable bonds is 2. The smallest absolute Gasteiger partial charge is 0.244 e. The molecule has 1 fully saturated rings. The second-order valence-electron chi connectivity index (χ2n) is 4.23. The third-order valence-corrected chi connectivity index (χ3v) is 4.00. The summed E-state index contributed by atoms with van der Waals surface area (Å²) in [6, 6.07) is 1.97. The highest BCUT2D eigenvalue weighted by Gasteiger charge is 2.35. The van der Waals surface area contributed by atoms with Gasteiger partial charge < -0.3 is 4.90 Å². The van der Waals surface area contributed by atoms with Crippen LogP contribution in [0.15, 0.2) is 12.1 Å². The lowest BCUT2D eigenvalue weighted by Crippen LogP contribution is -2.50. The zero-order chi connectivity index (χ0) is 12.9. The van der Waals surface area contributed by atoms with Crippen molar-refractivity contribution in [3.05, 3.63) is 23.8 Å². The van der Waals surface area contributed by atoms with E-state index < -0.39 is 24.0 Å². The Morgan fingerprint density at radius 1 is 1.28 bits per heavy atom. The van der Waals surface area contributed by atoms with Crippen LogP contribution in [0.1, 0.15) is 0 Å². The van der Waals surface area contributed by atoms with E-state index in [0.29, 0.717) is 9.83 Å². The van der Waals surface area contributed by atoms with Crippen LogP contribution in [0.25, 0.3) is 10.2 Å². The maximum Gasteiger partial charge on any atom is 0.244 e. The number of hydrogen-bond acceptors (Lipinski definition) is 3. The van der Waals surface area contributed by atoms with Gasteiger partial charge in [-0.25, -0.2) is 22.5 Å². The third kappa shape index (κ3) is 1.82. The SMILES string of the molecule is Fc1cc(F)c2nc(N3CC(C(F)F)C3)sc2c1. The molecule has 0 N–H and O–H groups in total. The first-order valence-corrected chi connectivity index (χ1v) is 6.15. The van der Waals surface area contributed by atoms with Crippen molar-refractivity contribution in [2.24, 2.45) is 5.92 Å². The summed E-state index contributed by atoms with van der Waals surface area (Å²) in [5.41, 5.74) is 0.0943. The maximum atomic E-state index is 13.4. The van der Waals surface area contributed by atoms with E-state index in [1.54, 1.807) is 4.90 Å². The molecular weight excluding hydrogens is 268 g/mol. The van der Waals surface area contributed by atoms with Crippen LogP contribution < -0.4 is 4.90 Å². The topological polar surface area (TPSA) is 16.1 Å². The lowest BCUT2D eigenvalue weighted by molar-refractivity contribution is 0.0614. The number of thiazole rings is 1. The third-order valence-electron chi connectivity index (χ3n) is 2.94. The van der Waals surface area contributed by atoms with Crippen LogP contribution in [-0.4, -0.2) is 24.5 Å². The number of alkyl halides is 2. The molecule has 0 saturated carbocycles. The fraction of sp³-hybridized carbons (Fsp3) is 0.364. The molecule has 7 heteroatoms. The largest absolute Gasteiger partial charge is 0.347 e. The molecule has 0 unspecified atom stereocenters. The van der Waals surface area contributed by atoms with Crippen molar-refractivity contribution in [3.63, 3.8) is 0 Å². The average molecular weight is 276 g/mol. The van der Waals surface area contributed by atoms with Gasteiger partial charge in [0, 0.05) is 19.2 Å². The van der Waals surface area contributed by atoms with Gasteiger partial charge in [-0.2, -0.15) is 0 Å². The lowest BCUT2D eigenvalue weighted by Gasteiger charge is -2.38. The number of benzene rings is 1. The van der Waals surface area contributed by atoms with Crippen molar-refractivity contribution in [3.8, 4) is 0 Å². The van der Waals surface area contributed by atoms with Crippen molar-refractivity contribution < 1.29 is 17.6 Å². The minimum absolute atomic E-state index is 0.0943. The van der Waals surface area contributed by atoms with Crippen LogP contribution in [0.4, 0.5) is 22.7 Å². The minimum atomic E-state index is -2.34. The van der Waals surface area contributed by atoms with E-state index in [1.165, 1.54) is 6.07 Å². The quantitative estimate of drug-likeness (QED) is 0.783. The summed E-state index contributed by atoms with van der Waals surface area (Å²) < 4.78 is 51.5. The van der Waals surface area contributed by atoms with Crippen LogP contribution >= 0.6 is 11.3 Å². The predicted molar refractivity (Wildman–Crippen MR) is 61.2 cm³/mol. The first-order chi connectivity index (χ1) is 8.54. The fourth-order valence-corrected chi connectivity index (χ4v) is 2.93. The number of aromatic nitrogens is 1. The van der Waals surface area contributed by atoms with E-state index in [1.807, 2.05) is 0 Å². The van der Waals surface area contributed by atoms with E-state index in [0.717, 1.165) is 17.4 Å². The van der Waals surface area contributed by atoms with Crippen molar-refractivity contribution in [2.75, 3.05) is 18.0 Å². The Hall–Kier alpha value is -1.37. The highest BCUT2D eigenvalue weighted by molar-refractivity contribution is 7.22. The van der Waals surface area contributed by atoms with Gasteiger partial charge >= 0.3 is 0 Å². The Bertz CT molecular complexity index is 592. The molecule has 0 atom stereocenters. The summed E-state index contributed by atoms with van der Waals surface area (Å²) in [4.78, 5) is 5.68. The zero-order valence-corrected chi connectivity index (χ0v) is 9.85. The molecular formula is C11H8F4N2S. The van der Waals surface area contributed by atoms with Crippen LogP contribution in [0, 0.1) is 17.6 Å². The Morgan fingerprint density at radius 2 is 2.00 bits per heavy atom. The molecule has 1 aromatic carbocycles. The molecule has 0 radical (unpaired) electrons. The van der Waals surface area contributed by atoms with Gasteiger partial charge in [0.1, 0.15) is 11.3 Å². The van der Waals surface area contributed by atoms with E-state index in [9.17, 15) is 17.6 Å². The maximum absolute atomic E-state index is 13.4. The molecule has 18 heavy (non-hydrogen) atoms. The van der Waals surface area contributed by atoms with E-state index in [2.05, 4.69) is 4.98 Å². The Labute approximate surface area is 104 Å². The van der Waals surface area contributed by atoms with Gasteiger partial charge in [0.25, 0.3) is 0 Å². The Kier molecular flexibility index (Phi) is 2.65. The van der Waals surface area contributed by atoms with Crippen molar-refractivity contribution >= 4 is 26.7 Å². The summed E-state index contributed by atoms with van der Waals surface area (Å²) in [7, 11) is 0. The van der Waals surface area contributed by atoms with Crippen molar-refractivity contribution in [1.82, 2.24) is 4.98 Å². The highest BCUT2D eigenvalue weighted by atomic mass is 32.1. The summed E-state index contributed by atoms with van der Waals surface area (Å²) in [5.74, 6) is -2.04. The highest BCUT2D eigenvalue weighted by Crippen LogP contribution is 2.35. The van der Waals surface area contributed by atoms with Crippen LogP contribution in [0.3, 0.4) is 0 Å². The van der Waals surface area contributed by atoms with Gasteiger partial charge in [0.2, 0.25) is 6.43 Å². The molecule has 0 bridgehead atoms. The molecule has 1 aliphatic rings. The van der Waals surface area contributed by atoms with Gasteiger partial charge in [-0.1, -0.05) is 11.3 Å². The molecule has 1 saturated heterocycles. The van der Waals surface area contributed by atoms with Gasteiger partial charge in [-0.05, 0) is 6.07 Å². The molecule has 0 spiro atoms. The standard InChI is InChI=1S/C11H8F4N2S/c12-6-1-7(13)9-8(2-6)18-11(16-9)17-3-5(4-17)10(14)15/h1-2,5,10H,3-4H2. The lowest BCUT2D eigenvalue weighted by atomic mass is 10.0. The van der Waals surface area contributed by atoms with Crippen LogP contribution in [0.2, 0.25) is 0 Å². The number of halogens is 4. The normalized spacial score (nSPS) is 16.6. The van der Waals surface area contributed by atoms with Gasteiger partial charge in [-0.3, -0.25) is 0 Å². The van der Waals surface area contributed by atoms with E-state index in [-0.39, 0.29) is 18.6 Å². The molecule has 2 nitrogen and oxygen atoms in total. The van der Waals surface area contributed by atoms with Crippen LogP contribution in [0.5, 0.6) is 0 Å².